The van der Waals surface area contributed by atoms with E-state index in [0.717, 1.165) is 12.8 Å². The smallest absolute Gasteiger partial charge is 0.218 e. The predicted octanol–water partition coefficient (Wildman–Crippen LogP) is 0.807. The number of nitrogens with zero attached hydrogens (tertiary/aromatic N) is 1. The number of hydrogen-bond acceptors (Lipinski definition) is 3. The Morgan fingerprint density at radius 2 is 1.93 bits per heavy atom. The van der Waals surface area contributed by atoms with E-state index in [0.29, 0.717) is 13.1 Å². The molecular formula is C9H16ClNO3S. The minimum Gasteiger partial charge on any atom is -0.372 e. The molecule has 0 aromatic heterocycles. The van der Waals surface area contributed by atoms with Crippen molar-refractivity contribution in [1.29, 1.82) is 0 Å². The molecule has 0 radical (unpaired) electrons. The highest BCUT2D eigenvalue weighted by atomic mass is 35.5. The van der Waals surface area contributed by atoms with E-state index in [2.05, 4.69) is 0 Å². The fourth-order valence-electron chi connectivity index (χ4n) is 2.12. The van der Waals surface area contributed by atoms with Crippen molar-refractivity contribution in [3.63, 3.8) is 0 Å². The lowest BCUT2D eigenvalue weighted by Gasteiger charge is -2.32. The van der Waals surface area contributed by atoms with Gasteiger partial charge < -0.3 is 4.74 Å². The second kappa shape index (κ2) is 4.20. The third-order valence-electron chi connectivity index (χ3n) is 3.10. The summed E-state index contributed by atoms with van der Waals surface area (Å²) in [5, 5.41) is -0.503. The van der Waals surface area contributed by atoms with Crippen LogP contribution in [0.25, 0.3) is 0 Å². The Kier molecular flexibility index (Phi) is 3.26. The summed E-state index contributed by atoms with van der Waals surface area (Å²) in [4.78, 5) is 0. The first-order valence-corrected chi connectivity index (χ1v) is 7.28. The molecule has 2 rings (SSSR count). The average Bonchev–Trinajstić information content (AvgIpc) is 2.56. The second-order valence-corrected chi connectivity index (χ2v) is 6.94. The number of rotatable bonds is 3. The van der Waals surface area contributed by atoms with Crippen molar-refractivity contribution in [2.75, 3.05) is 19.0 Å². The maximum atomic E-state index is 12.0. The first-order chi connectivity index (χ1) is 7.04. The van der Waals surface area contributed by atoms with Crippen LogP contribution in [0.5, 0.6) is 0 Å². The first kappa shape index (κ1) is 11.6. The molecule has 0 aromatic carbocycles. The molecule has 6 heteroatoms. The zero-order valence-electron chi connectivity index (χ0n) is 8.73. The van der Waals surface area contributed by atoms with Crippen LogP contribution in [-0.2, 0) is 14.8 Å². The maximum absolute atomic E-state index is 12.0. The van der Waals surface area contributed by atoms with Crippen molar-refractivity contribution in [2.45, 2.75) is 37.2 Å². The third kappa shape index (κ3) is 2.16. The van der Waals surface area contributed by atoms with Crippen LogP contribution in [0.3, 0.4) is 0 Å². The molecule has 0 N–H and O–H groups in total. The zero-order chi connectivity index (χ0) is 11.1. The molecule has 0 spiro atoms. The second-order valence-electron chi connectivity index (χ2n) is 4.28. The Labute approximate surface area is 95.6 Å². The van der Waals surface area contributed by atoms with Crippen molar-refractivity contribution in [3.8, 4) is 0 Å². The molecule has 2 fully saturated rings. The van der Waals surface area contributed by atoms with E-state index >= 15 is 0 Å². The van der Waals surface area contributed by atoms with Crippen molar-refractivity contribution in [2.24, 2.45) is 0 Å². The highest BCUT2D eigenvalue weighted by Gasteiger charge is 2.40. The molecule has 0 aromatic rings. The van der Waals surface area contributed by atoms with Crippen LogP contribution < -0.4 is 0 Å². The Morgan fingerprint density at radius 1 is 1.40 bits per heavy atom. The van der Waals surface area contributed by atoms with Gasteiger partial charge in [0.05, 0.1) is 17.5 Å². The van der Waals surface area contributed by atoms with Gasteiger partial charge in [-0.05, 0) is 19.8 Å². The number of ether oxygens (including phenoxy) is 1. The van der Waals surface area contributed by atoms with Crippen molar-refractivity contribution >= 4 is 21.6 Å². The van der Waals surface area contributed by atoms with Crippen molar-refractivity contribution < 1.29 is 13.2 Å². The summed E-state index contributed by atoms with van der Waals surface area (Å²) in [6.07, 6.45) is 2.15. The predicted molar refractivity (Wildman–Crippen MR) is 58.6 cm³/mol. The van der Waals surface area contributed by atoms with Crippen LogP contribution in [0.1, 0.15) is 19.8 Å². The Morgan fingerprint density at radius 3 is 2.40 bits per heavy atom. The SMILES string of the molecule is CC(CCl)S(=O)(=O)N1CC2CCC(C1)O2. The number of fused-ring (bicyclic) bond motifs is 2. The molecule has 4 nitrogen and oxygen atoms in total. The summed E-state index contributed by atoms with van der Waals surface area (Å²) in [5.74, 6) is 0.148. The van der Waals surface area contributed by atoms with Gasteiger partial charge in [0.1, 0.15) is 0 Å². The zero-order valence-corrected chi connectivity index (χ0v) is 10.3. The van der Waals surface area contributed by atoms with Gasteiger partial charge in [0.15, 0.2) is 0 Å². The maximum Gasteiger partial charge on any atom is 0.218 e. The Balaban J connectivity index is 2.11. The largest absolute Gasteiger partial charge is 0.372 e. The number of hydrogen-bond donors (Lipinski definition) is 0. The monoisotopic (exact) mass is 253 g/mol. The lowest BCUT2D eigenvalue weighted by Crippen LogP contribution is -2.48. The van der Waals surface area contributed by atoms with Gasteiger partial charge >= 0.3 is 0 Å². The third-order valence-corrected chi connectivity index (χ3v) is 5.94. The summed E-state index contributed by atoms with van der Waals surface area (Å²) >= 11 is 5.61. The lowest BCUT2D eigenvalue weighted by molar-refractivity contribution is -0.0116. The fraction of sp³-hybridized carbons (Fsp3) is 1.00. The summed E-state index contributed by atoms with van der Waals surface area (Å²) in [6, 6.07) is 0. The van der Waals surface area contributed by atoms with Gasteiger partial charge in [-0.25, -0.2) is 8.42 Å². The van der Waals surface area contributed by atoms with Crippen molar-refractivity contribution in [1.82, 2.24) is 4.31 Å². The summed E-state index contributed by atoms with van der Waals surface area (Å²) in [5.41, 5.74) is 0. The quantitative estimate of drug-likeness (QED) is 0.700. The van der Waals surface area contributed by atoms with E-state index in [9.17, 15) is 8.42 Å². The molecule has 3 unspecified atom stereocenters. The van der Waals surface area contributed by atoms with Gasteiger partial charge in [-0.1, -0.05) is 0 Å². The van der Waals surface area contributed by atoms with Gasteiger partial charge in [-0.3, -0.25) is 0 Å². The number of alkyl halides is 1. The van der Waals surface area contributed by atoms with E-state index in [1.165, 1.54) is 0 Å². The molecule has 0 aliphatic carbocycles. The average molecular weight is 254 g/mol. The molecule has 2 aliphatic rings. The Hall–Kier alpha value is 0.160. The van der Waals surface area contributed by atoms with Gasteiger partial charge in [0, 0.05) is 19.0 Å². The van der Waals surface area contributed by atoms with Crippen LogP contribution in [-0.4, -0.2) is 49.2 Å². The van der Waals surface area contributed by atoms with Gasteiger partial charge in [0.25, 0.3) is 0 Å². The molecule has 2 heterocycles. The summed E-state index contributed by atoms with van der Waals surface area (Å²) in [6.45, 7) is 2.65. The van der Waals surface area contributed by atoms with Crippen LogP contribution in [0.2, 0.25) is 0 Å². The normalized spacial score (nSPS) is 34.3. The van der Waals surface area contributed by atoms with E-state index in [4.69, 9.17) is 16.3 Å². The summed E-state index contributed by atoms with van der Waals surface area (Å²) < 4.78 is 31.2. The molecule has 3 atom stereocenters. The molecule has 15 heavy (non-hydrogen) atoms. The lowest BCUT2D eigenvalue weighted by atomic mass is 10.2. The number of sulfonamides is 1. The van der Waals surface area contributed by atoms with Crippen LogP contribution >= 0.6 is 11.6 Å². The van der Waals surface area contributed by atoms with Crippen LogP contribution in [0, 0.1) is 0 Å². The van der Waals surface area contributed by atoms with E-state index in [-0.39, 0.29) is 18.1 Å². The molecule has 2 aliphatic heterocycles. The van der Waals surface area contributed by atoms with Gasteiger partial charge in [0.2, 0.25) is 10.0 Å². The van der Waals surface area contributed by atoms with Crippen molar-refractivity contribution in [3.05, 3.63) is 0 Å². The minimum absolute atomic E-state index is 0.0982. The van der Waals surface area contributed by atoms with Gasteiger partial charge in [-0.15, -0.1) is 11.6 Å². The van der Waals surface area contributed by atoms with Gasteiger partial charge in [-0.2, -0.15) is 4.31 Å². The topological polar surface area (TPSA) is 46.6 Å². The van der Waals surface area contributed by atoms with Crippen LogP contribution in [0.15, 0.2) is 0 Å². The molecule has 2 bridgehead atoms. The Bertz CT molecular complexity index is 320. The molecular weight excluding hydrogens is 238 g/mol. The number of halogens is 1. The molecule has 88 valence electrons. The summed E-state index contributed by atoms with van der Waals surface area (Å²) in [7, 11) is -3.22. The van der Waals surface area contributed by atoms with Crippen LogP contribution in [0.4, 0.5) is 0 Å². The fourth-order valence-corrected chi connectivity index (χ4v) is 4.01. The first-order valence-electron chi connectivity index (χ1n) is 5.24. The highest BCUT2D eigenvalue weighted by Crippen LogP contribution is 2.28. The molecule has 0 amide bonds. The number of morpholine rings is 1. The minimum atomic E-state index is -3.22. The van der Waals surface area contributed by atoms with E-state index in [1.54, 1.807) is 11.2 Å². The standard InChI is InChI=1S/C9H16ClNO3S/c1-7(4-10)15(12,13)11-5-8-2-3-9(6-11)14-8/h7-9H,2-6H2,1H3. The highest BCUT2D eigenvalue weighted by molar-refractivity contribution is 7.89. The molecule has 2 saturated heterocycles. The van der Waals surface area contributed by atoms with E-state index in [1.807, 2.05) is 0 Å². The molecule has 0 saturated carbocycles. The van der Waals surface area contributed by atoms with E-state index < -0.39 is 15.3 Å².